The quantitative estimate of drug-likeness (QED) is 0.880. The second kappa shape index (κ2) is 5.46. The minimum atomic E-state index is -0.0516. The second-order valence-electron chi connectivity index (χ2n) is 4.39. The van der Waals surface area contributed by atoms with Crippen LogP contribution in [-0.2, 0) is 6.54 Å². The molecule has 0 radical (unpaired) electrons. The van der Waals surface area contributed by atoms with Gasteiger partial charge in [-0.05, 0) is 31.5 Å². The number of hydrogen-bond acceptors (Lipinski definition) is 4. The van der Waals surface area contributed by atoms with Gasteiger partial charge in [0.05, 0.1) is 11.9 Å². The van der Waals surface area contributed by atoms with Crippen LogP contribution in [0, 0.1) is 0 Å². The van der Waals surface area contributed by atoms with E-state index in [2.05, 4.69) is 15.6 Å². The maximum Gasteiger partial charge on any atom is 0.277 e. The molecule has 2 heterocycles. The van der Waals surface area contributed by atoms with Crippen LogP contribution >= 0.6 is 12.4 Å². The van der Waals surface area contributed by atoms with Crippen LogP contribution in [-0.4, -0.2) is 27.6 Å². The van der Waals surface area contributed by atoms with Gasteiger partial charge >= 0.3 is 0 Å². The molecule has 1 aliphatic heterocycles. The predicted octanol–water partition coefficient (Wildman–Crippen LogP) is 0.965. The third-order valence-electron chi connectivity index (χ3n) is 3.19. The number of fused-ring (bicyclic) bond motifs is 1. The van der Waals surface area contributed by atoms with Gasteiger partial charge in [-0.3, -0.25) is 4.79 Å². The van der Waals surface area contributed by atoms with Crippen molar-refractivity contribution in [2.45, 2.75) is 25.4 Å². The van der Waals surface area contributed by atoms with E-state index in [1.165, 1.54) is 11.1 Å². The Morgan fingerprint density at radius 1 is 1.39 bits per heavy atom. The predicted molar refractivity (Wildman–Crippen MR) is 72.1 cm³/mol. The second-order valence-corrected chi connectivity index (χ2v) is 4.39. The summed E-state index contributed by atoms with van der Waals surface area (Å²) in [6.45, 7) is 1.64. The standard InChI is InChI=1S/C12H14N4O.ClH/c17-12-10-5-1-2-6-11(10)14-15-16(12)8-9-4-3-7-13-9;/h1-2,5-6,9,13H,3-4,7-8H2;1H/t9-;/m1./s1. The smallest absolute Gasteiger partial charge is 0.277 e. The summed E-state index contributed by atoms with van der Waals surface area (Å²) in [6, 6.07) is 7.67. The molecule has 1 saturated heterocycles. The Balaban J connectivity index is 0.00000120. The molecule has 0 spiro atoms. The topological polar surface area (TPSA) is 59.8 Å². The number of hydrogen-bond donors (Lipinski definition) is 1. The van der Waals surface area contributed by atoms with Crippen molar-refractivity contribution in [3.63, 3.8) is 0 Å². The van der Waals surface area contributed by atoms with Gasteiger partial charge in [-0.1, -0.05) is 17.3 Å². The Kier molecular flexibility index (Phi) is 3.93. The largest absolute Gasteiger partial charge is 0.312 e. The molecule has 0 bridgehead atoms. The number of nitrogens with zero attached hydrogens (tertiary/aromatic N) is 3. The first-order valence-electron chi connectivity index (χ1n) is 5.90. The van der Waals surface area contributed by atoms with E-state index in [1.54, 1.807) is 6.07 Å². The molecule has 1 N–H and O–H groups in total. The lowest BCUT2D eigenvalue weighted by atomic mass is 10.2. The molecule has 18 heavy (non-hydrogen) atoms. The number of nitrogens with one attached hydrogen (secondary N) is 1. The summed E-state index contributed by atoms with van der Waals surface area (Å²) in [7, 11) is 0. The summed E-state index contributed by atoms with van der Waals surface area (Å²) in [6.07, 6.45) is 2.27. The molecule has 6 heteroatoms. The maximum absolute atomic E-state index is 12.1. The van der Waals surface area contributed by atoms with Crippen molar-refractivity contribution < 1.29 is 0 Å². The Morgan fingerprint density at radius 3 is 3.00 bits per heavy atom. The number of benzene rings is 1. The molecule has 96 valence electrons. The van der Waals surface area contributed by atoms with Crippen molar-refractivity contribution in [3.8, 4) is 0 Å². The van der Waals surface area contributed by atoms with Crippen LogP contribution in [0.25, 0.3) is 10.9 Å². The van der Waals surface area contributed by atoms with E-state index in [9.17, 15) is 4.79 Å². The third-order valence-corrected chi connectivity index (χ3v) is 3.19. The van der Waals surface area contributed by atoms with Gasteiger partial charge in [0, 0.05) is 6.04 Å². The van der Waals surface area contributed by atoms with Gasteiger partial charge in [0.25, 0.3) is 5.56 Å². The molecule has 1 aliphatic rings. The summed E-state index contributed by atoms with van der Waals surface area (Å²) in [5, 5.41) is 12.0. The molecule has 1 aromatic heterocycles. The Hall–Kier alpha value is -1.46. The lowest BCUT2D eigenvalue weighted by molar-refractivity contribution is 0.447. The first-order chi connectivity index (χ1) is 8.34. The van der Waals surface area contributed by atoms with Crippen LogP contribution in [0.1, 0.15) is 12.8 Å². The maximum atomic E-state index is 12.1. The zero-order valence-electron chi connectivity index (χ0n) is 9.87. The van der Waals surface area contributed by atoms with E-state index in [1.807, 2.05) is 18.2 Å². The summed E-state index contributed by atoms with van der Waals surface area (Å²) in [4.78, 5) is 12.1. The van der Waals surface area contributed by atoms with E-state index < -0.39 is 0 Å². The van der Waals surface area contributed by atoms with Gasteiger partial charge in [-0.2, -0.15) is 0 Å². The van der Waals surface area contributed by atoms with Crippen molar-refractivity contribution >= 4 is 23.3 Å². The number of halogens is 1. The molecule has 0 amide bonds. The van der Waals surface area contributed by atoms with Crippen molar-refractivity contribution in [1.29, 1.82) is 0 Å². The summed E-state index contributed by atoms with van der Waals surface area (Å²) >= 11 is 0. The highest BCUT2D eigenvalue weighted by molar-refractivity contribution is 5.85. The van der Waals surface area contributed by atoms with Gasteiger partial charge in [0.1, 0.15) is 5.52 Å². The van der Waals surface area contributed by atoms with E-state index in [0.717, 1.165) is 13.0 Å². The first-order valence-corrected chi connectivity index (χ1v) is 5.90. The summed E-state index contributed by atoms with van der Waals surface area (Å²) in [5.41, 5.74) is 0.609. The average molecular weight is 267 g/mol. The lowest BCUT2D eigenvalue weighted by Crippen LogP contribution is -2.34. The van der Waals surface area contributed by atoms with E-state index >= 15 is 0 Å². The highest BCUT2D eigenvalue weighted by Crippen LogP contribution is 2.07. The minimum Gasteiger partial charge on any atom is -0.312 e. The van der Waals surface area contributed by atoms with Gasteiger partial charge in [-0.15, -0.1) is 17.5 Å². The molecular formula is C12H15ClN4O. The van der Waals surface area contributed by atoms with Crippen molar-refractivity contribution in [2.75, 3.05) is 6.54 Å². The number of aromatic nitrogens is 3. The Morgan fingerprint density at radius 2 is 2.22 bits per heavy atom. The summed E-state index contributed by atoms with van der Waals surface area (Å²) in [5.74, 6) is 0. The van der Waals surface area contributed by atoms with Crippen molar-refractivity contribution in [2.24, 2.45) is 0 Å². The lowest BCUT2D eigenvalue weighted by Gasteiger charge is -2.10. The van der Waals surface area contributed by atoms with Crippen molar-refractivity contribution in [3.05, 3.63) is 34.6 Å². The molecule has 0 saturated carbocycles. The molecular weight excluding hydrogens is 252 g/mol. The molecule has 1 atom stereocenters. The van der Waals surface area contributed by atoms with Gasteiger partial charge in [-0.25, -0.2) is 4.68 Å². The van der Waals surface area contributed by atoms with Gasteiger partial charge in [0.2, 0.25) is 0 Å². The first kappa shape index (κ1) is 13.0. The molecule has 2 aromatic rings. The Bertz CT molecular complexity index is 592. The zero-order valence-corrected chi connectivity index (χ0v) is 10.7. The van der Waals surface area contributed by atoms with Gasteiger partial charge < -0.3 is 5.32 Å². The highest BCUT2D eigenvalue weighted by Gasteiger charge is 2.16. The number of rotatable bonds is 2. The van der Waals surface area contributed by atoms with Gasteiger partial charge in [0.15, 0.2) is 0 Å². The van der Waals surface area contributed by atoms with Crippen LogP contribution in [0.5, 0.6) is 0 Å². The zero-order chi connectivity index (χ0) is 11.7. The molecule has 5 nitrogen and oxygen atoms in total. The molecule has 3 rings (SSSR count). The highest BCUT2D eigenvalue weighted by atomic mass is 35.5. The fourth-order valence-electron chi connectivity index (χ4n) is 2.26. The van der Waals surface area contributed by atoms with E-state index in [0.29, 0.717) is 23.5 Å². The van der Waals surface area contributed by atoms with E-state index in [4.69, 9.17) is 0 Å². The fraction of sp³-hybridized carbons (Fsp3) is 0.417. The monoisotopic (exact) mass is 266 g/mol. The summed E-state index contributed by atoms with van der Waals surface area (Å²) < 4.78 is 1.46. The van der Waals surface area contributed by atoms with Crippen molar-refractivity contribution in [1.82, 2.24) is 20.3 Å². The van der Waals surface area contributed by atoms with Crippen LogP contribution < -0.4 is 10.9 Å². The molecule has 1 fully saturated rings. The third kappa shape index (κ3) is 2.37. The van der Waals surface area contributed by atoms with Crippen LogP contribution in [0.3, 0.4) is 0 Å². The minimum absolute atomic E-state index is 0. The normalized spacial score (nSPS) is 18.8. The fourth-order valence-corrected chi connectivity index (χ4v) is 2.26. The molecule has 1 aromatic carbocycles. The van der Waals surface area contributed by atoms with E-state index in [-0.39, 0.29) is 18.0 Å². The van der Waals surface area contributed by atoms with Crippen LogP contribution in [0.15, 0.2) is 29.1 Å². The van der Waals surface area contributed by atoms with Crippen LogP contribution in [0.4, 0.5) is 0 Å². The SMILES string of the molecule is Cl.O=c1c2ccccc2nnn1C[C@H]1CCCN1. The van der Waals surface area contributed by atoms with Crippen LogP contribution in [0.2, 0.25) is 0 Å². The molecule has 0 aliphatic carbocycles. The average Bonchev–Trinajstić information content (AvgIpc) is 2.86. The Labute approximate surface area is 111 Å². The molecule has 0 unspecified atom stereocenters.